The van der Waals surface area contributed by atoms with Crippen LogP contribution in [0.3, 0.4) is 0 Å². The Morgan fingerprint density at radius 3 is 3.11 bits per heavy atom. The van der Waals surface area contributed by atoms with Gasteiger partial charge in [-0.1, -0.05) is 28.9 Å². The summed E-state index contributed by atoms with van der Waals surface area (Å²) in [6.45, 7) is 5.60. The highest BCUT2D eigenvalue weighted by molar-refractivity contribution is 9.09. The molecule has 0 radical (unpaired) electrons. The Kier molecular flexibility index (Phi) is 3.39. The summed E-state index contributed by atoms with van der Waals surface area (Å²) in [7, 11) is 0. The van der Waals surface area contributed by atoms with E-state index in [4.69, 9.17) is 0 Å². The number of hydrogen-bond donors (Lipinski definition) is 0. The lowest BCUT2D eigenvalue weighted by Crippen LogP contribution is -2.39. The molecule has 2 unspecified atom stereocenters. The number of hydrogen-bond acceptors (Lipinski definition) is 2. The Morgan fingerprint density at radius 2 is 2.33 bits per heavy atom. The van der Waals surface area contributed by atoms with Gasteiger partial charge < -0.3 is 4.40 Å². The fourth-order valence-corrected chi connectivity index (χ4v) is 3.01. The average Bonchev–Trinajstić information content (AvgIpc) is 2.76. The van der Waals surface area contributed by atoms with E-state index in [1.165, 1.54) is 12.1 Å². The first-order chi connectivity index (χ1) is 8.72. The van der Waals surface area contributed by atoms with Crippen LogP contribution in [0.5, 0.6) is 0 Å². The summed E-state index contributed by atoms with van der Waals surface area (Å²) in [4.78, 5) is 7.84. The van der Waals surface area contributed by atoms with E-state index in [9.17, 15) is 0 Å². The van der Waals surface area contributed by atoms with Crippen LogP contribution in [0.25, 0.3) is 5.65 Å². The van der Waals surface area contributed by atoms with Crippen molar-refractivity contribution in [1.82, 2.24) is 14.3 Å². The number of rotatable bonds is 2. The van der Waals surface area contributed by atoms with Gasteiger partial charge in [0.15, 0.2) is 0 Å². The van der Waals surface area contributed by atoms with E-state index >= 15 is 0 Å². The first-order valence-corrected chi connectivity index (χ1v) is 7.43. The van der Waals surface area contributed by atoms with Crippen LogP contribution >= 0.6 is 15.9 Å². The van der Waals surface area contributed by atoms with E-state index in [0.29, 0.717) is 4.83 Å². The smallest absolute Gasteiger partial charge is 0.137 e. The Balaban J connectivity index is 1.72. The van der Waals surface area contributed by atoms with Crippen molar-refractivity contribution in [3.8, 4) is 0 Å². The normalized spacial score (nSPS) is 25.7. The van der Waals surface area contributed by atoms with Crippen molar-refractivity contribution in [3.63, 3.8) is 0 Å². The Bertz CT molecular complexity index is 504. The summed E-state index contributed by atoms with van der Waals surface area (Å²) >= 11 is 3.75. The number of pyridine rings is 1. The minimum Gasteiger partial charge on any atom is -0.307 e. The molecule has 1 saturated heterocycles. The van der Waals surface area contributed by atoms with Crippen molar-refractivity contribution in [2.75, 3.05) is 13.1 Å². The number of nitrogens with zero attached hydrogens (tertiary/aromatic N) is 3. The number of imidazole rings is 1. The van der Waals surface area contributed by atoms with Crippen molar-refractivity contribution in [1.29, 1.82) is 0 Å². The second kappa shape index (κ2) is 5.02. The van der Waals surface area contributed by atoms with Gasteiger partial charge in [0, 0.05) is 30.3 Å². The van der Waals surface area contributed by atoms with Crippen LogP contribution in [-0.4, -0.2) is 32.2 Å². The van der Waals surface area contributed by atoms with E-state index in [-0.39, 0.29) is 0 Å². The third kappa shape index (κ3) is 2.45. The maximum atomic E-state index is 4.66. The van der Waals surface area contributed by atoms with E-state index in [1.807, 2.05) is 12.1 Å². The third-order valence-electron chi connectivity index (χ3n) is 3.68. The summed E-state index contributed by atoms with van der Waals surface area (Å²) in [6.07, 6.45) is 5.42. The molecule has 2 aromatic heterocycles. The second-order valence-corrected chi connectivity index (χ2v) is 6.39. The van der Waals surface area contributed by atoms with Crippen LogP contribution in [0.2, 0.25) is 0 Å². The van der Waals surface area contributed by atoms with Crippen molar-refractivity contribution >= 4 is 21.6 Å². The van der Waals surface area contributed by atoms with Gasteiger partial charge in [-0.15, -0.1) is 0 Å². The van der Waals surface area contributed by atoms with Crippen molar-refractivity contribution in [2.45, 2.75) is 24.7 Å². The molecule has 18 heavy (non-hydrogen) atoms. The zero-order chi connectivity index (χ0) is 12.5. The van der Waals surface area contributed by atoms with E-state index in [0.717, 1.165) is 31.2 Å². The first kappa shape index (κ1) is 12.2. The molecule has 0 aromatic carbocycles. The molecule has 0 N–H and O–H groups in total. The minimum absolute atomic E-state index is 0.676. The first-order valence-electron chi connectivity index (χ1n) is 6.51. The molecule has 3 heterocycles. The number of aromatic nitrogens is 2. The van der Waals surface area contributed by atoms with Gasteiger partial charge in [0.05, 0.1) is 5.69 Å². The summed E-state index contributed by atoms with van der Waals surface area (Å²) in [5.41, 5.74) is 2.21. The number of alkyl halides is 1. The minimum atomic E-state index is 0.676. The molecular weight excluding hydrogens is 290 g/mol. The lowest BCUT2D eigenvalue weighted by molar-refractivity contribution is 0.182. The van der Waals surface area contributed by atoms with Gasteiger partial charge in [0.2, 0.25) is 0 Å². The molecule has 0 amide bonds. The molecule has 3 nitrogen and oxygen atoms in total. The lowest BCUT2D eigenvalue weighted by atomic mass is 10.00. The molecular formula is C14H18BrN3. The molecule has 3 rings (SSSR count). The molecule has 0 bridgehead atoms. The quantitative estimate of drug-likeness (QED) is 0.795. The van der Waals surface area contributed by atoms with Crippen LogP contribution in [0.4, 0.5) is 0 Å². The Labute approximate surface area is 116 Å². The largest absolute Gasteiger partial charge is 0.307 e. The molecule has 0 saturated carbocycles. The Morgan fingerprint density at radius 1 is 1.44 bits per heavy atom. The number of fused-ring (bicyclic) bond motifs is 1. The van der Waals surface area contributed by atoms with Gasteiger partial charge in [-0.25, -0.2) is 4.98 Å². The monoisotopic (exact) mass is 307 g/mol. The zero-order valence-electron chi connectivity index (χ0n) is 10.6. The summed E-state index contributed by atoms with van der Waals surface area (Å²) in [5, 5.41) is 0. The van der Waals surface area contributed by atoms with Gasteiger partial charge >= 0.3 is 0 Å². The maximum absolute atomic E-state index is 4.66. The fraction of sp³-hybridized carbons (Fsp3) is 0.500. The standard InChI is InChI=1S/C14H18BrN3/c1-11-8-17(7-5-13(11)15)9-12-10-18-6-3-2-4-14(18)16-12/h2-4,6,10-11,13H,5,7-9H2,1H3. The van der Waals surface area contributed by atoms with Gasteiger partial charge in [-0.2, -0.15) is 0 Å². The molecule has 2 aromatic rings. The molecule has 1 aliphatic rings. The van der Waals surface area contributed by atoms with Gasteiger partial charge in [0.25, 0.3) is 0 Å². The third-order valence-corrected chi connectivity index (χ3v) is 5.04. The van der Waals surface area contributed by atoms with E-state index in [2.05, 4.69) is 55.6 Å². The molecule has 1 fully saturated rings. The van der Waals surface area contributed by atoms with Crippen LogP contribution < -0.4 is 0 Å². The molecule has 0 aliphatic carbocycles. The fourth-order valence-electron chi connectivity index (χ4n) is 2.64. The highest BCUT2D eigenvalue weighted by Crippen LogP contribution is 2.24. The van der Waals surface area contributed by atoms with Gasteiger partial charge in [-0.3, -0.25) is 4.90 Å². The lowest BCUT2D eigenvalue weighted by Gasteiger charge is -2.33. The molecule has 96 valence electrons. The predicted molar refractivity (Wildman–Crippen MR) is 77.0 cm³/mol. The number of halogens is 1. The van der Waals surface area contributed by atoms with Crippen molar-refractivity contribution in [2.24, 2.45) is 5.92 Å². The van der Waals surface area contributed by atoms with E-state index in [1.54, 1.807) is 0 Å². The topological polar surface area (TPSA) is 20.5 Å². The van der Waals surface area contributed by atoms with Crippen LogP contribution in [0, 0.1) is 5.92 Å². The second-order valence-electron chi connectivity index (χ2n) is 5.22. The summed E-state index contributed by atoms with van der Waals surface area (Å²) < 4.78 is 2.09. The highest BCUT2D eigenvalue weighted by atomic mass is 79.9. The van der Waals surface area contributed by atoms with Gasteiger partial charge in [-0.05, 0) is 31.0 Å². The maximum Gasteiger partial charge on any atom is 0.137 e. The molecule has 0 spiro atoms. The number of likely N-dealkylation sites (tertiary alicyclic amines) is 1. The van der Waals surface area contributed by atoms with Crippen LogP contribution in [0.1, 0.15) is 19.0 Å². The zero-order valence-corrected chi connectivity index (χ0v) is 12.2. The Hall–Kier alpha value is -0.870. The highest BCUT2D eigenvalue weighted by Gasteiger charge is 2.24. The van der Waals surface area contributed by atoms with E-state index < -0.39 is 0 Å². The summed E-state index contributed by atoms with van der Waals surface area (Å²) in [6, 6.07) is 6.12. The molecule has 4 heteroatoms. The molecule has 1 aliphatic heterocycles. The van der Waals surface area contributed by atoms with Crippen LogP contribution in [-0.2, 0) is 6.54 Å². The predicted octanol–water partition coefficient (Wildman–Crippen LogP) is 2.94. The van der Waals surface area contributed by atoms with Crippen molar-refractivity contribution < 1.29 is 0 Å². The molecule has 2 atom stereocenters. The summed E-state index contributed by atoms with van der Waals surface area (Å²) in [5.74, 6) is 0.718. The van der Waals surface area contributed by atoms with Crippen molar-refractivity contribution in [3.05, 3.63) is 36.3 Å². The van der Waals surface area contributed by atoms with Crippen LogP contribution in [0.15, 0.2) is 30.6 Å². The SMILES string of the molecule is CC1CN(Cc2cn3ccccc3n2)CCC1Br. The number of piperidine rings is 1. The van der Waals surface area contributed by atoms with Gasteiger partial charge in [0.1, 0.15) is 5.65 Å². The average molecular weight is 308 g/mol.